The fraction of sp³-hybridized carbons (Fsp3) is 0.357. The Morgan fingerprint density at radius 2 is 2.20 bits per heavy atom. The molecule has 6 heteroatoms. The van der Waals surface area contributed by atoms with Gasteiger partial charge in [0.1, 0.15) is 0 Å². The zero-order chi connectivity index (χ0) is 14.5. The fourth-order valence-corrected chi connectivity index (χ4v) is 1.82. The van der Waals surface area contributed by atoms with Crippen LogP contribution >= 0.6 is 0 Å². The molecule has 0 saturated heterocycles. The Hall–Kier alpha value is -2.21. The molecule has 0 aliphatic heterocycles. The van der Waals surface area contributed by atoms with Crippen molar-refractivity contribution in [1.82, 2.24) is 15.0 Å². The molecule has 0 aliphatic rings. The Morgan fingerprint density at radius 1 is 1.40 bits per heavy atom. The van der Waals surface area contributed by atoms with Gasteiger partial charge >= 0.3 is 0 Å². The van der Waals surface area contributed by atoms with E-state index >= 15 is 0 Å². The van der Waals surface area contributed by atoms with Gasteiger partial charge in [0.15, 0.2) is 0 Å². The lowest BCUT2D eigenvalue weighted by molar-refractivity contribution is 0.184. The minimum atomic E-state index is -0.649. The molecule has 0 fully saturated rings. The summed E-state index contributed by atoms with van der Waals surface area (Å²) in [4.78, 5) is 14.4. The van der Waals surface area contributed by atoms with Gasteiger partial charge < -0.3 is 14.7 Å². The molecule has 0 aromatic carbocycles. The third-order valence-electron chi connectivity index (χ3n) is 2.89. The maximum absolute atomic E-state index is 10.2. The number of hydrogen-bond donors (Lipinski definition) is 1. The highest BCUT2D eigenvalue weighted by atomic mass is 16.5. The number of methoxy groups -OCH3 is 1. The molecule has 1 atom stereocenters. The Morgan fingerprint density at radius 3 is 2.85 bits per heavy atom. The van der Waals surface area contributed by atoms with E-state index in [2.05, 4.69) is 15.0 Å². The summed E-state index contributed by atoms with van der Waals surface area (Å²) in [6, 6.07) is 5.39. The first-order chi connectivity index (χ1) is 9.60. The topological polar surface area (TPSA) is 71.4 Å². The van der Waals surface area contributed by atoms with Gasteiger partial charge in [-0.05, 0) is 13.0 Å². The minimum Gasteiger partial charge on any atom is -0.481 e. The molecule has 1 N–H and O–H groups in total. The number of likely N-dealkylation sites (N-methyl/N-ethyl adjacent to an activating group) is 1. The van der Waals surface area contributed by atoms with Gasteiger partial charge in [0.25, 0.3) is 0 Å². The first kappa shape index (κ1) is 14.2. The predicted octanol–water partition coefficient (Wildman–Crippen LogP) is 1.36. The molecule has 0 amide bonds. The Balaban J connectivity index is 2.12. The number of pyridine rings is 1. The number of ether oxygens (including phenoxy) is 1. The molecule has 0 saturated carbocycles. The Kier molecular flexibility index (Phi) is 4.47. The highest BCUT2D eigenvalue weighted by molar-refractivity contribution is 5.34. The summed E-state index contributed by atoms with van der Waals surface area (Å²) < 4.78 is 5.13. The van der Waals surface area contributed by atoms with Crippen LogP contribution in [0.15, 0.2) is 30.6 Å². The van der Waals surface area contributed by atoms with Crippen molar-refractivity contribution in [3.63, 3.8) is 0 Å². The summed E-state index contributed by atoms with van der Waals surface area (Å²) >= 11 is 0. The second-order valence-electron chi connectivity index (χ2n) is 4.53. The van der Waals surface area contributed by atoms with Crippen LogP contribution in [0, 0.1) is 6.92 Å². The van der Waals surface area contributed by atoms with Crippen molar-refractivity contribution in [2.45, 2.75) is 13.0 Å². The smallest absolute Gasteiger partial charge is 0.228 e. The van der Waals surface area contributed by atoms with E-state index in [1.807, 2.05) is 20.0 Å². The molecule has 106 valence electrons. The van der Waals surface area contributed by atoms with Gasteiger partial charge in [0, 0.05) is 36.8 Å². The van der Waals surface area contributed by atoms with Gasteiger partial charge in [-0.3, -0.25) is 4.98 Å². The van der Waals surface area contributed by atoms with Crippen LogP contribution in [0.4, 0.5) is 5.95 Å². The zero-order valence-electron chi connectivity index (χ0n) is 11.8. The first-order valence-corrected chi connectivity index (χ1v) is 6.29. The Bertz CT molecular complexity index is 562. The van der Waals surface area contributed by atoms with Crippen LogP contribution in [0.2, 0.25) is 0 Å². The van der Waals surface area contributed by atoms with E-state index < -0.39 is 6.10 Å². The van der Waals surface area contributed by atoms with Crippen LogP contribution in [-0.2, 0) is 0 Å². The molecule has 2 heterocycles. The largest absolute Gasteiger partial charge is 0.481 e. The zero-order valence-corrected chi connectivity index (χ0v) is 11.8. The summed E-state index contributed by atoms with van der Waals surface area (Å²) in [5.74, 6) is 1.03. The molecule has 20 heavy (non-hydrogen) atoms. The molecule has 2 aromatic rings. The van der Waals surface area contributed by atoms with E-state index in [0.29, 0.717) is 18.4 Å². The predicted molar refractivity (Wildman–Crippen MR) is 75.8 cm³/mol. The van der Waals surface area contributed by atoms with Crippen LogP contribution in [0.5, 0.6) is 5.88 Å². The van der Waals surface area contributed by atoms with Crippen molar-refractivity contribution < 1.29 is 9.84 Å². The average molecular weight is 274 g/mol. The van der Waals surface area contributed by atoms with Gasteiger partial charge in [0.05, 0.1) is 19.8 Å². The van der Waals surface area contributed by atoms with E-state index in [1.165, 1.54) is 0 Å². The van der Waals surface area contributed by atoms with Crippen LogP contribution in [0.25, 0.3) is 0 Å². The van der Waals surface area contributed by atoms with Crippen LogP contribution in [0.1, 0.15) is 17.4 Å². The molecule has 0 radical (unpaired) electrons. The van der Waals surface area contributed by atoms with Gasteiger partial charge in [0.2, 0.25) is 11.8 Å². The van der Waals surface area contributed by atoms with Crippen LogP contribution in [-0.4, -0.2) is 40.8 Å². The molecular weight excluding hydrogens is 256 g/mol. The molecule has 2 rings (SSSR count). The van der Waals surface area contributed by atoms with Gasteiger partial charge in [-0.1, -0.05) is 6.07 Å². The highest BCUT2D eigenvalue weighted by Gasteiger charge is 2.14. The second-order valence-corrected chi connectivity index (χ2v) is 4.53. The molecule has 2 aromatic heterocycles. The number of aromatic nitrogens is 3. The van der Waals surface area contributed by atoms with E-state index in [4.69, 9.17) is 4.74 Å². The minimum absolute atomic E-state index is 0.373. The van der Waals surface area contributed by atoms with Crippen molar-refractivity contribution in [2.75, 3.05) is 25.6 Å². The third kappa shape index (κ3) is 3.42. The van der Waals surface area contributed by atoms with Gasteiger partial charge in [-0.2, -0.15) is 4.98 Å². The van der Waals surface area contributed by atoms with Crippen molar-refractivity contribution in [2.24, 2.45) is 0 Å². The quantitative estimate of drug-likeness (QED) is 0.887. The maximum atomic E-state index is 10.2. The van der Waals surface area contributed by atoms with E-state index in [9.17, 15) is 5.11 Å². The Labute approximate surface area is 118 Å². The number of aliphatic hydroxyl groups is 1. The number of aliphatic hydroxyl groups excluding tert-OH is 1. The SMILES string of the molecule is COc1cc(C)nc(N(C)CC(O)c2cccnc2)n1. The lowest BCUT2D eigenvalue weighted by Crippen LogP contribution is -2.26. The average Bonchev–Trinajstić information content (AvgIpc) is 2.47. The highest BCUT2D eigenvalue weighted by Crippen LogP contribution is 2.17. The molecule has 1 unspecified atom stereocenters. The number of hydrogen-bond acceptors (Lipinski definition) is 6. The van der Waals surface area contributed by atoms with Crippen molar-refractivity contribution in [3.05, 3.63) is 41.9 Å². The van der Waals surface area contributed by atoms with Gasteiger partial charge in [-0.15, -0.1) is 0 Å². The second kappa shape index (κ2) is 6.29. The molecule has 0 spiro atoms. The summed E-state index contributed by atoms with van der Waals surface area (Å²) in [5.41, 5.74) is 1.58. The lowest BCUT2D eigenvalue weighted by Gasteiger charge is -2.21. The number of rotatable bonds is 5. The number of aryl methyl sites for hydroxylation is 1. The van der Waals surface area contributed by atoms with E-state index in [1.54, 1.807) is 36.5 Å². The number of anilines is 1. The monoisotopic (exact) mass is 274 g/mol. The van der Waals surface area contributed by atoms with Crippen molar-refractivity contribution in [1.29, 1.82) is 0 Å². The summed E-state index contributed by atoms with van der Waals surface area (Å²) in [6.45, 7) is 2.25. The van der Waals surface area contributed by atoms with Crippen LogP contribution in [0.3, 0.4) is 0 Å². The normalized spacial score (nSPS) is 12.0. The third-order valence-corrected chi connectivity index (χ3v) is 2.89. The molecule has 6 nitrogen and oxygen atoms in total. The summed E-state index contributed by atoms with van der Waals surface area (Å²) in [6.07, 6.45) is 2.67. The maximum Gasteiger partial charge on any atom is 0.228 e. The molecule has 0 bridgehead atoms. The number of nitrogens with zero attached hydrogens (tertiary/aromatic N) is 4. The van der Waals surface area contributed by atoms with E-state index in [0.717, 1.165) is 11.3 Å². The fourth-order valence-electron chi connectivity index (χ4n) is 1.82. The van der Waals surface area contributed by atoms with Gasteiger partial charge in [-0.25, -0.2) is 4.98 Å². The van der Waals surface area contributed by atoms with Crippen molar-refractivity contribution >= 4 is 5.95 Å². The lowest BCUT2D eigenvalue weighted by atomic mass is 10.1. The van der Waals surface area contributed by atoms with Crippen molar-refractivity contribution in [3.8, 4) is 5.88 Å². The summed E-state index contributed by atoms with van der Waals surface area (Å²) in [7, 11) is 3.39. The molecular formula is C14H18N4O2. The molecule has 0 aliphatic carbocycles. The van der Waals surface area contributed by atoms with Crippen LogP contribution < -0.4 is 9.64 Å². The summed E-state index contributed by atoms with van der Waals surface area (Å²) in [5, 5.41) is 10.2. The standard InChI is InChI=1S/C14H18N4O2/c1-10-7-13(20-3)17-14(16-10)18(2)9-12(19)11-5-4-6-15-8-11/h4-8,12,19H,9H2,1-3H3. The first-order valence-electron chi connectivity index (χ1n) is 6.29. The van der Waals surface area contributed by atoms with E-state index in [-0.39, 0.29) is 0 Å².